The van der Waals surface area contributed by atoms with Gasteiger partial charge in [-0.3, -0.25) is 14.9 Å². The number of hydrogen-bond acceptors (Lipinski definition) is 3. The van der Waals surface area contributed by atoms with Crippen molar-refractivity contribution in [3.63, 3.8) is 0 Å². The molecule has 3 rings (SSSR count). The first-order valence-electron chi connectivity index (χ1n) is 7.03. The van der Waals surface area contributed by atoms with E-state index in [9.17, 15) is 4.79 Å². The number of nitrogens with zero attached hydrogens (tertiary/aromatic N) is 2. The second-order valence-corrected chi connectivity index (χ2v) is 5.92. The number of amides is 1. The van der Waals surface area contributed by atoms with Gasteiger partial charge in [-0.2, -0.15) is 5.10 Å². The quantitative estimate of drug-likeness (QED) is 0.748. The molecule has 1 unspecified atom stereocenters. The molecule has 0 aliphatic carbocycles. The van der Waals surface area contributed by atoms with Gasteiger partial charge in [0.15, 0.2) is 0 Å². The Morgan fingerprint density at radius 2 is 2.18 bits per heavy atom. The maximum atomic E-state index is 12.4. The zero-order chi connectivity index (χ0) is 15.5. The number of benzene rings is 1. The maximum absolute atomic E-state index is 12.4. The molecular weight excluding hydrogens is 344 g/mol. The molecule has 1 amide bonds. The van der Waals surface area contributed by atoms with Crippen molar-refractivity contribution in [2.75, 3.05) is 0 Å². The van der Waals surface area contributed by atoms with Crippen molar-refractivity contribution in [1.82, 2.24) is 20.5 Å². The zero-order valence-electron chi connectivity index (χ0n) is 12.0. The van der Waals surface area contributed by atoms with Gasteiger partial charge in [0, 0.05) is 21.6 Å². The fourth-order valence-electron chi connectivity index (χ4n) is 2.30. The lowest BCUT2D eigenvalue weighted by Gasteiger charge is -2.16. The molecule has 0 aliphatic heterocycles. The monoisotopic (exact) mass is 358 g/mol. The highest BCUT2D eigenvalue weighted by Crippen LogP contribution is 2.18. The van der Waals surface area contributed by atoms with Crippen LogP contribution in [0.3, 0.4) is 0 Å². The second kappa shape index (κ2) is 6.27. The van der Waals surface area contributed by atoms with Gasteiger partial charge in [0.1, 0.15) is 0 Å². The summed E-state index contributed by atoms with van der Waals surface area (Å²) < 4.78 is 0.919. The van der Waals surface area contributed by atoms with Gasteiger partial charge in [-0.05, 0) is 52.7 Å². The first-order chi connectivity index (χ1) is 10.7. The fraction of sp³-hybridized carbons (Fsp3) is 0.188. The lowest BCUT2D eigenvalue weighted by molar-refractivity contribution is 0.0935. The molecule has 1 atom stereocenters. The summed E-state index contributed by atoms with van der Waals surface area (Å²) in [6.07, 6.45) is 4.22. The number of fused-ring (bicyclic) bond motifs is 1. The molecule has 0 saturated carbocycles. The number of carbonyl (C=O) groups excluding carboxylic acids is 1. The van der Waals surface area contributed by atoms with Crippen LogP contribution in [0.1, 0.15) is 35.4 Å². The van der Waals surface area contributed by atoms with Crippen molar-refractivity contribution < 1.29 is 4.79 Å². The van der Waals surface area contributed by atoms with Gasteiger partial charge in [-0.1, -0.05) is 6.92 Å². The minimum atomic E-state index is -0.111. The summed E-state index contributed by atoms with van der Waals surface area (Å²) in [6, 6.07) is 9.20. The van der Waals surface area contributed by atoms with E-state index < -0.39 is 0 Å². The van der Waals surface area contributed by atoms with Crippen LogP contribution in [0.2, 0.25) is 0 Å². The summed E-state index contributed by atoms with van der Waals surface area (Å²) in [5.41, 5.74) is 2.38. The van der Waals surface area contributed by atoms with E-state index >= 15 is 0 Å². The van der Waals surface area contributed by atoms with E-state index in [1.807, 2.05) is 31.2 Å². The summed E-state index contributed by atoms with van der Waals surface area (Å²) in [5.74, 6) is -0.111. The topological polar surface area (TPSA) is 70.7 Å². The molecule has 2 N–H and O–H groups in total. The van der Waals surface area contributed by atoms with Gasteiger partial charge < -0.3 is 5.32 Å². The van der Waals surface area contributed by atoms with E-state index in [0.717, 1.165) is 27.5 Å². The Kier molecular flexibility index (Phi) is 4.20. The Balaban J connectivity index is 1.80. The number of halogens is 1. The molecule has 0 spiro atoms. The Morgan fingerprint density at radius 1 is 1.32 bits per heavy atom. The van der Waals surface area contributed by atoms with Crippen molar-refractivity contribution in [2.45, 2.75) is 19.4 Å². The summed E-state index contributed by atoms with van der Waals surface area (Å²) in [4.78, 5) is 16.8. The highest BCUT2D eigenvalue weighted by molar-refractivity contribution is 9.10. The third-order valence-electron chi connectivity index (χ3n) is 3.52. The Morgan fingerprint density at radius 3 is 2.91 bits per heavy atom. The van der Waals surface area contributed by atoms with Gasteiger partial charge in [-0.15, -0.1) is 0 Å². The van der Waals surface area contributed by atoms with Gasteiger partial charge in [-0.25, -0.2) is 0 Å². The molecule has 22 heavy (non-hydrogen) atoms. The number of aromatic nitrogens is 3. The molecule has 0 aliphatic rings. The van der Waals surface area contributed by atoms with Crippen molar-refractivity contribution >= 4 is 32.7 Å². The molecule has 1 aromatic carbocycles. The number of hydrogen-bond donors (Lipinski definition) is 2. The van der Waals surface area contributed by atoms with Crippen LogP contribution in [0.4, 0.5) is 0 Å². The molecule has 2 aromatic heterocycles. The summed E-state index contributed by atoms with van der Waals surface area (Å²) >= 11 is 3.36. The molecule has 112 valence electrons. The van der Waals surface area contributed by atoms with Crippen molar-refractivity contribution in [1.29, 1.82) is 0 Å². The number of carbonyl (C=O) groups is 1. The molecule has 0 bridgehead atoms. The summed E-state index contributed by atoms with van der Waals surface area (Å²) in [7, 11) is 0. The molecule has 3 aromatic rings. The predicted octanol–water partition coefficient (Wildman–Crippen LogP) is 3.60. The van der Waals surface area contributed by atoms with E-state index in [1.165, 1.54) is 0 Å². The maximum Gasteiger partial charge on any atom is 0.251 e. The smallest absolute Gasteiger partial charge is 0.251 e. The number of nitrogens with one attached hydrogen (secondary N) is 2. The molecule has 5 nitrogen and oxygen atoms in total. The number of aromatic amines is 1. The first-order valence-corrected chi connectivity index (χ1v) is 7.82. The molecule has 6 heteroatoms. The van der Waals surface area contributed by atoms with Crippen LogP contribution < -0.4 is 5.32 Å². The number of H-pyrrole nitrogens is 1. The molecule has 0 radical (unpaired) electrons. The van der Waals surface area contributed by atoms with Gasteiger partial charge in [0.25, 0.3) is 5.91 Å². The standard InChI is InChI=1S/C16H15BrN4O/c1-2-13(15-6-4-12(17)9-18-15)20-16(22)10-3-5-14-11(7-10)8-19-21-14/h3-9,13H,2H2,1H3,(H,19,21)(H,20,22). The third-order valence-corrected chi connectivity index (χ3v) is 3.99. The van der Waals surface area contributed by atoms with E-state index in [1.54, 1.807) is 18.5 Å². The van der Waals surface area contributed by atoms with E-state index in [4.69, 9.17) is 0 Å². The summed E-state index contributed by atoms with van der Waals surface area (Å²) in [6.45, 7) is 2.02. The second-order valence-electron chi connectivity index (χ2n) is 5.01. The van der Waals surface area contributed by atoms with Crippen LogP contribution in [0.5, 0.6) is 0 Å². The molecule has 0 saturated heterocycles. The zero-order valence-corrected chi connectivity index (χ0v) is 13.6. The van der Waals surface area contributed by atoms with Crippen molar-refractivity contribution in [3.8, 4) is 0 Å². The minimum absolute atomic E-state index is 0.111. The minimum Gasteiger partial charge on any atom is -0.344 e. The van der Waals surface area contributed by atoms with Crippen LogP contribution >= 0.6 is 15.9 Å². The van der Waals surface area contributed by atoms with Crippen LogP contribution in [-0.4, -0.2) is 21.1 Å². The molecular formula is C16H15BrN4O. The number of rotatable bonds is 4. The Labute approximate surface area is 136 Å². The lowest BCUT2D eigenvalue weighted by Crippen LogP contribution is -2.28. The van der Waals surface area contributed by atoms with E-state index in [0.29, 0.717) is 5.56 Å². The Bertz CT molecular complexity index is 797. The highest BCUT2D eigenvalue weighted by atomic mass is 79.9. The van der Waals surface area contributed by atoms with Gasteiger partial charge in [0.2, 0.25) is 0 Å². The van der Waals surface area contributed by atoms with E-state index in [2.05, 4.69) is 36.4 Å². The average molecular weight is 359 g/mol. The fourth-order valence-corrected chi connectivity index (χ4v) is 2.54. The van der Waals surface area contributed by atoms with Crippen LogP contribution in [-0.2, 0) is 0 Å². The van der Waals surface area contributed by atoms with Crippen LogP contribution in [0.25, 0.3) is 10.9 Å². The van der Waals surface area contributed by atoms with Crippen molar-refractivity contribution in [3.05, 3.63) is 58.5 Å². The van der Waals surface area contributed by atoms with Gasteiger partial charge >= 0.3 is 0 Å². The molecule has 0 fully saturated rings. The first kappa shape index (κ1) is 14.7. The average Bonchev–Trinajstić information content (AvgIpc) is 3.01. The van der Waals surface area contributed by atoms with Gasteiger partial charge in [0.05, 0.1) is 23.4 Å². The predicted molar refractivity (Wildman–Crippen MR) is 88.5 cm³/mol. The van der Waals surface area contributed by atoms with E-state index in [-0.39, 0.29) is 11.9 Å². The lowest BCUT2D eigenvalue weighted by atomic mass is 10.1. The van der Waals surface area contributed by atoms with Crippen molar-refractivity contribution in [2.24, 2.45) is 0 Å². The molecule has 2 heterocycles. The van der Waals surface area contributed by atoms with Crippen LogP contribution in [0.15, 0.2) is 47.2 Å². The SMILES string of the molecule is CCC(NC(=O)c1ccc2[nH]ncc2c1)c1ccc(Br)cn1. The van der Waals surface area contributed by atoms with Crippen LogP contribution in [0, 0.1) is 0 Å². The Hall–Kier alpha value is -2.21. The summed E-state index contributed by atoms with van der Waals surface area (Å²) in [5, 5.41) is 10.8. The number of pyridine rings is 1. The largest absolute Gasteiger partial charge is 0.344 e. The third kappa shape index (κ3) is 3.01. The normalized spacial score (nSPS) is 12.3. The highest BCUT2D eigenvalue weighted by Gasteiger charge is 2.15.